The van der Waals surface area contributed by atoms with E-state index in [-0.39, 0.29) is 18.4 Å². The van der Waals surface area contributed by atoms with Crippen molar-refractivity contribution in [3.63, 3.8) is 0 Å². The zero-order valence-corrected chi connectivity index (χ0v) is 7.14. The lowest BCUT2D eigenvalue weighted by molar-refractivity contribution is -0.138. The van der Waals surface area contributed by atoms with Gasteiger partial charge in [0.2, 0.25) is 0 Å². The largest absolute Gasteiger partial charge is 0.481 e. The number of aliphatic carboxylic acids is 1. The fraction of sp³-hybridized carbons (Fsp3) is 0.857. The van der Waals surface area contributed by atoms with Gasteiger partial charge < -0.3 is 10.8 Å². The molecule has 2 atom stereocenters. The van der Waals surface area contributed by atoms with Crippen LogP contribution >= 0.6 is 11.8 Å². The molecule has 11 heavy (non-hydrogen) atoms. The number of hydrogen-bond acceptors (Lipinski definition) is 3. The number of rotatable bonds is 2. The molecule has 0 bridgehead atoms. The summed E-state index contributed by atoms with van der Waals surface area (Å²) in [5.74, 6) is 1.45. The first-order chi connectivity index (χ1) is 5.20. The molecule has 3 N–H and O–H groups in total. The Bertz CT molecular complexity index is 151. The van der Waals surface area contributed by atoms with E-state index in [9.17, 15) is 4.79 Å². The van der Waals surface area contributed by atoms with E-state index in [1.54, 1.807) is 0 Å². The van der Waals surface area contributed by atoms with Gasteiger partial charge in [-0.3, -0.25) is 4.79 Å². The van der Waals surface area contributed by atoms with Crippen LogP contribution in [0.3, 0.4) is 0 Å². The number of hydrogen-bond donors (Lipinski definition) is 2. The van der Waals surface area contributed by atoms with Crippen molar-refractivity contribution in [3.8, 4) is 0 Å². The van der Waals surface area contributed by atoms with Gasteiger partial charge in [-0.05, 0) is 18.1 Å². The lowest BCUT2D eigenvalue weighted by Crippen LogP contribution is -2.37. The van der Waals surface area contributed by atoms with Crippen LogP contribution in [0.2, 0.25) is 0 Å². The molecule has 0 aromatic rings. The van der Waals surface area contributed by atoms with Crippen LogP contribution in [0.15, 0.2) is 0 Å². The first-order valence-corrected chi connectivity index (χ1v) is 4.90. The van der Waals surface area contributed by atoms with E-state index in [2.05, 4.69) is 0 Å². The molecule has 2 unspecified atom stereocenters. The lowest BCUT2D eigenvalue weighted by Gasteiger charge is -2.26. The van der Waals surface area contributed by atoms with E-state index < -0.39 is 5.97 Å². The summed E-state index contributed by atoms with van der Waals surface area (Å²) < 4.78 is 0. The van der Waals surface area contributed by atoms with Gasteiger partial charge in [-0.1, -0.05) is 0 Å². The molecule has 1 heterocycles. The molecular weight excluding hydrogens is 162 g/mol. The molecule has 3 nitrogen and oxygen atoms in total. The van der Waals surface area contributed by atoms with Crippen molar-refractivity contribution in [2.24, 2.45) is 11.7 Å². The molecule has 0 aromatic carbocycles. The van der Waals surface area contributed by atoms with Gasteiger partial charge in [0.25, 0.3) is 0 Å². The Hall–Kier alpha value is -0.220. The third-order valence-corrected chi connectivity index (χ3v) is 3.13. The molecule has 1 saturated heterocycles. The summed E-state index contributed by atoms with van der Waals surface area (Å²) in [4.78, 5) is 10.4. The maximum absolute atomic E-state index is 10.4. The number of thioether (sulfide) groups is 1. The van der Waals surface area contributed by atoms with Gasteiger partial charge in [0, 0.05) is 18.2 Å². The molecule has 1 aliphatic rings. The Morgan fingerprint density at radius 2 is 2.45 bits per heavy atom. The van der Waals surface area contributed by atoms with Crippen molar-refractivity contribution in [3.05, 3.63) is 0 Å². The van der Waals surface area contributed by atoms with Crippen LogP contribution < -0.4 is 5.73 Å². The Morgan fingerprint density at radius 3 is 3.00 bits per heavy atom. The first-order valence-electron chi connectivity index (χ1n) is 3.75. The van der Waals surface area contributed by atoms with Gasteiger partial charge in [0.15, 0.2) is 0 Å². The van der Waals surface area contributed by atoms with E-state index in [1.165, 1.54) is 0 Å². The van der Waals surface area contributed by atoms with Crippen molar-refractivity contribution in [2.45, 2.75) is 18.9 Å². The van der Waals surface area contributed by atoms with Crippen LogP contribution in [-0.4, -0.2) is 28.6 Å². The van der Waals surface area contributed by atoms with Crippen LogP contribution in [0.1, 0.15) is 12.8 Å². The summed E-state index contributed by atoms with van der Waals surface area (Å²) in [7, 11) is 0. The molecule has 1 fully saturated rings. The Balaban J connectivity index is 2.35. The first kappa shape index (κ1) is 8.87. The summed E-state index contributed by atoms with van der Waals surface area (Å²) in [5.41, 5.74) is 5.74. The molecule has 1 rings (SSSR count). The zero-order chi connectivity index (χ0) is 8.27. The quantitative estimate of drug-likeness (QED) is 0.643. The second kappa shape index (κ2) is 3.97. The van der Waals surface area contributed by atoms with Crippen LogP contribution in [0.5, 0.6) is 0 Å². The number of carboxylic acids is 1. The maximum Gasteiger partial charge on any atom is 0.303 e. The van der Waals surface area contributed by atoms with Gasteiger partial charge in [0.1, 0.15) is 0 Å². The van der Waals surface area contributed by atoms with E-state index in [0.717, 1.165) is 17.9 Å². The SMILES string of the molecule is NC1CSCCC1CC(=O)O. The van der Waals surface area contributed by atoms with E-state index >= 15 is 0 Å². The molecule has 0 spiro atoms. The second-order valence-electron chi connectivity index (χ2n) is 2.89. The molecule has 4 heteroatoms. The van der Waals surface area contributed by atoms with Crippen molar-refractivity contribution in [1.29, 1.82) is 0 Å². The summed E-state index contributed by atoms with van der Waals surface area (Å²) in [6.45, 7) is 0. The highest BCUT2D eigenvalue weighted by Gasteiger charge is 2.23. The van der Waals surface area contributed by atoms with Gasteiger partial charge in [-0.15, -0.1) is 0 Å². The average Bonchev–Trinajstić information content (AvgIpc) is 1.93. The topological polar surface area (TPSA) is 63.3 Å². The molecule has 0 aliphatic carbocycles. The molecule has 0 saturated carbocycles. The summed E-state index contributed by atoms with van der Waals surface area (Å²) in [5, 5.41) is 8.52. The van der Waals surface area contributed by atoms with E-state index in [4.69, 9.17) is 10.8 Å². The minimum atomic E-state index is -0.725. The third kappa shape index (κ3) is 2.71. The molecule has 64 valence electrons. The second-order valence-corrected chi connectivity index (χ2v) is 4.04. The molecule has 0 aromatic heterocycles. The van der Waals surface area contributed by atoms with Crippen molar-refractivity contribution in [2.75, 3.05) is 11.5 Å². The average molecular weight is 175 g/mol. The van der Waals surface area contributed by atoms with Crippen molar-refractivity contribution >= 4 is 17.7 Å². The van der Waals surface area contributed by atoms with Gasteiger partial charge in [0.05, 0.1) is 0 Å². The van der Waals surface area contributed by atoms with Crippen molar-refractivity contribution in [1.82, 2.24) is 0 Å². The van der Waals surface area contributed by atoms with Gasteiger partial charge in [-0.25, -0.2) is 0 Å². The van der Waals surface area contributed by atoms with E-state index in [0.29, 0.717) is 0 Å². The number of carbonyl (C=O) groups is 1. The van der Waals surface area contributed by atoms with Crippen LogP contribution in [0.4, 0.5) is 0 Å². The summed E-state index contributed by atoms with van der Waals surface area (Å²) in [6, 6.07) is 0.0878. The molecule has 0 amide bonds. The monoisotopic (exact) mass is 175 g/mol. The van der Waals surface area contributed by atoms with Crippen LogP contribution in [-0.2, 0) is 4.79 Å². The Labute approximate surface area is 70.3 Å². The van der Waals surface area contributed by atoms with Crippen LogP contribution in [0.25, 0.3) is 0 Å². The highest BCUT2D eigenvalue weighted by Crippen LogP contribution is 2.24. The van der Waals surface area contributed by atoms with Crippen molar-refractivity contribution < 1.29 is 9.90 Å². The molecule has 1 aliphatic heterocycles. The fourth-order valence-corrected chi connectivity index (χ4v) is 2.46. The lowest BCUT2D eigenvalue weighted by atomic mass is 9.95. The number of nitrogens with two attached hydrogens (primary N) is 1. The Kier molecular flexibility index (Phi) is 3.20. The minimum Gasteiger partial charge on any atom is -0.481 e. The summed E-state index contributed by atoms with van der Waals surface area (Å²) in [6.07, 6.45) is 1.19. The van der Waals surface area contributed by atoms with E-state index in [1.807, 2.05) is 11.8 Å². The zero-order valence-electron chi connectivity index (χ0n) is 6.32. The molecular formula is C7H13NO2S. The standard InChI is InChI=1S/C7H13NO2S/c8-6-4-11-2-1-5(6)3-7(9)10/h5-6H,1-4,8H2,(H,9,10). The highest BCUT2D eigenvalue weighted by molar-refractivity contribution is 7.99. The number of carboxylic acid groups (broad SMARTS) is 1. The predicted molar refractivity (Wildman–Crippen MR) is 45.7 cm³/mol. The van der Waals surface area contributed by atoms with Gasteiger partial charge in [-0.2, -0.15) is 11.8 Å². The maximum atomic E-state index is 10.4. The Morgan fingerprint density at radius 1 is 1.73 bits per heavy atom. The normalized spacial score (nSPS) is 31.7. The predicted octanol–water partition coefficient (Wildman–Crippen LogP) is 0.542. The summed E-state index contributed by atoms with van der Waals surface area (Å²) >= 11 is 1.82. The smallest absolute Gasteiger partial charge is 0.303 e. The third-order valence-electron chi connectivity index (χ3n) is 1.99. The molecule has 0 radical (unpaired) electrons. The van der Waals surface area contributed by atoms with Gasteiger partial charge >= 0.3 is 5.97 Å². The fourth-order valence-electron chi connectivity index (χ4n) is 1.28. The van der Waals surface area contributed by atoms with Crippen LogP contribution in [0, 0.1) is 5.92 Å². The minimum absolute atomic E-state index is 0.0878. The highest BCUT2D eigenvalue weighted by atomic mass is 32.2.